The van der Waals surface area contributed by atoms with E-state index in [-0.39, 0.29) is 17.7 Å². The van der Waals surface area contributed by atoms with Gasteiger partial charge in [-0.1, -0.05) is 22.9 Å². The molecule has 4 heteroatoms. The van der Waals surface area contributed by atoms with Gasteiger partial charge in [0.15, 0.2) is 0 Å². The fourth-order valence-electron chi connectivity index (χ4n) is 2.03. The minimum atomic E-state index is -0.146. The Labute approximate surface area is 111 Å². The zero-order valence-corrected chi connectivity index (χ0v) is 11.7. The van der Waals surface area contributed by atoms with Crippen LogP contribution < -0.4 is 11.5 Å². The molecule has 4 N–H and O–H groups in total. The summed E-state index contributed by atoms with van der Waals surface area (Å²) < 4.78 is 14.7. The summed E-state index contributed by atoms with van der Waals surface area (Å²) in [6, 6.07) is 5.07. The smallest absolute Gasteiger partial charge is 0.126 e. The molecule has 2 nitrogen and oxygen atoms in total. The average molecular weight is 303 g/mol. The van der Waals surface area contributed by atoms with Crippen LogP contribution in [0.25, 0.3) is 0 Å². The monoisotopic (exact) mass is 302 g/mol. The number of halogens is 2. The van der Waals surface area contributed by atoms with Crippen LogP contribution in [-0.4, -0.2) is 13.1 Å². The highest BCUT2D eigenvalue weighted by Crippen LogP contribution is 2.30. The zero-order chi connectivity index (χ0) is 12.8. The van der Waals surface area contributed by atoms with Crippen molar-refractivity contribution in [3.8, 4) is 0 Å². The Morgan fingerprint density at radius 1 is 1.29 bits per heavy atom. The van der Waals surface area contributed by atoms with Gasteiger partial charge in [-0.3, -0.25) is 0 Å². The maximum Gasteiger partial charge on any atom is 0.126 e. The Morgan fingerprint density at radius 3 is 2.47 bits per heavy atom. The van der Waals surface area contributed by atoms with Gasteiger partial charge in [-0.25, -0.2) is 4.39 Å². The van der Waals surface area contributed by atoms with Crippen molar-refractivity contribution >= 4 is 15.9 Å². The molecule has 0 radical (unpaired) electrons. The van der Waals surface area contributed by atoms with Gasteiger partial charge < -0.3 is 11.5 Å². The van der Waals surface area contributed by atoms with Crippen LogP contribution in [0.4, 0.5) is 4.39 Å². The summed E-state index contributed by atoms with van der Waals surface area (Å²) in [4.78, 5) is 0. The average Bonchev–Trinajstić information content (AvgIpc) is 2.34. The molecule has 96 valence electrons. The van der Waals surface area contributed by atoms with Crippen molar-refractivity contribution in [3.63, 3.8) is 0 Å². The van der Waals surface area contributed by atoms with Gasteiger partial charge >= 0.3 is 0 Å². The second-order valence-corrected chi connectivity index (χ2v) is 5.26. The van der Waals surface area contributed by atoms with E-state index >= 15 is 0 Å². The molecule has 1 aromatic carbocycles. The van der Waals surface area contributed by atoms with Crippen molar-refractivity contribution < 1.29 is 4.39 Å². The van der Waals surface area contributed by atoms with E-state index in [1.807, 2.05) is 6.07 Å². The molecular weight excluding hydrogens is 283 g/mol. The third kappa shape index (κ3) is 4.05. The SMILES string of the molecule is CCC(CC(CN)CN)c1cc(Br)ccc1F. The molecule has 0 bridgehead atoms. The summed E-state index contributed by atoms with van der Waals surface area (Å²) in [7, 11) is 0. The van der Waals surface area contributed by atoms with Crippen molar-refractivity contribution in [2.45, 2.75) is 25.7 Å². The fourth-order valence-corrected chi connectivity index (χ4v) is 2.41. The first-order chi connectivity index (χ1) is 8.12. The highest BCUT2D eigenvalue weighted by atomic mass is 79.9. The van der Waals surface area contributed by atoms with Crippen LogP contribution in [0.2, 0.25) is 0 Å². The van der Waals surface area contributed by atoms with Crippen LogP contribution in [0.5, 0.6) is 0 Å². The molecule has 17 heavy (non-hydrogen) atoms. The van der Waals surface area contributed by atoms with Gasteiger partial charge in [0, 0.05) is 4.47 Å². The van der Waals surface area contributed by atoms with E-state index in [4.69, 9.17) is 11.5 Å². The van der Waals surface area contributed by atoms with E-state index in [2.05, 4.69) is 22.9 Å². The predicted molar refractivity (Wildman–Crippen MR) is 73.3 cm³/mol. The summed E-state index contributed by atoms with van der Waals surface area (Å²) in [5.74, 6) is 0.302. The van der Waals surface area contributed by atoms with Crippen molar-refractivity contribution in [2.75, 3.05) is 13.1 Å². The standard InChI is InChI=1S/C13H20BrFN2/c1-2-10(5-9(7-16)8-17)12-6-11(14)3-4-13(12)15/h3-4,6,9-10H,2,5,7-8,16-17H2,1H3. The molecule has 0 heterocycles. The van der Waals surface area contributed by atoms with Gasteiger partial charge in [0.05, 0.1) is 0 Å². The Bertz CT molecular complexity index is 353. The Balaban J connectivity index is 2.89. The van der Waals surface area contributed by atoms with Crippen LogP contribution in [0.1, 0.15) is 31.2 Å². The van der Waals surface area contributed by atoms with Crippen LogP contribution in [-0.2, 0) is 0 Å². The summed E-state index contributed by atoms with van der Waals surface area (Å²) in [6.45, 7) is 3.18. The van der Waals surface area contributed by atoms with Gasteiger partial charge in [-0.15, -0.1) is 0 Å². The Morgan fingerprint density at radius 2 is 1.94 bits per heavy atom. The van der Waals surface area contributed by atoms with E-state index in [0.29, 0.717) is 13.1 Å². The first kappa shape index (κ1) is 14.6. The van der Waals surface area contributed by atoms with E-state index in [1.54, 1.807) is 6.07 Å². The van der Waals surface area contributed by atoms with Gasteiger partial charge in [0.1, 0.15) is 5.82 Å². The molecule has 0 aliphatic carbocycles. The third-order valence-corrected chi connectivity index (χ3v) is 3.67. The molecule has 0 spiro atoms. The molecule has 0 saturated heterocycles. The normalized spacial score (nSPS) is 13.1. The molecular formula is C13H20BrFN2. The molecule has 0 fully saturated rings. The van der Waals surface area contributed by atoms with Crippen molar-refractivity contribution in [1.29, 1.82) is 0 Å². The number of nitrogens with two attached hydrogens (primary N) is 2. The fraction of sp³-hybridized carbons (Fsp3) is 0.538. The van der Waals surface area contributed by atoms with E-state index < -0.39 is 0 Å². The van der Waals surface area contributed by atoms with Crippen molar-refractivity contribution in [2.24, 2.45) is 17.4 Å². The lowest BCUT2D eigenvalue weighted by molar-refractivity contribution is 0.431. The lowest BCUT2D eigenvalue weighted by Gasteiger charge is -2.21. The van der Waals surface area contributed by atoms with Crippen LogP contribution >= 0.6 is 15.9 Å². The predicted octanol–water partition coefficient (Wildman–Crippen LogP) is 3.01. The highest BCUT2D eigenvalue weighted by molar-refractivity contribution is 9.10. The van der Waals surface area contributed by atoms with Crippen molar-refractivity contribution in [3.05, 3.63) is 34.1 Å². The minimum Gasteiger partial charge on any atom is -0.330 e. The van der Waals surface area contributed by atoms with Gasteiger partial charge in [0.25, 0.3) is 0 Å². The Hall–Kier alpha value is -0.450. The lowest BCUT2D eigenvalue weighted by atomic mass is 9.86. The topological polar surface area (TPSA) is 52.0 Å². The summed E-state index contributed by atoms with van der Waals surface area (Å²) in [5.41, 5.74) is 12.1. The minimum absolute atomic E-state index is 0.146. The largest absolute Gasteiger partial charge is 0.330 e. The summed E-state index contributed by atoms with van der Waals surface area (Å²) >= 11 is 3.38. The first-order valence-corrected chi connectivity index (χ1v) is 6.76. The molecule has 0 amide bonds. The van der Waals surface area contributed by atoms with E-state index in [0.717, 1.165) is 22.9 Å². The molecule has 1 atom stereocenters. The highest BCUT2D eigenvalue weighted by Gasteiger charge is 2.18. The van der Waals surface area contributed by atoms with Gasteiger partial charge in [-0.2, -0.15) is 0 Å². The first-order valence-electron chi connectivity index (χ1n) is 5.97. The summed E-state index contributed by atoms with van der Waals surface area (Å²) in [6.07, 6.45) is 1.74. The quantitative estimate of drug-likeness (QED) is 0.849. The zero-order valence-electron chi connectivity index (χ0n) is 10.1. The van der Waals surface area contributed by atoms with Crippen LogP contribution in [0.3, 0.4) is 0 Å². The number of hydrogen-bond acceptors (Lipinski definition) is 2. The summed E-state index contributed by atoms with van der Waals surface area (Å²) in [5, 5.41) is 0. The van der Waals surface area contributed by atoms with Crippen LogP contribution in [0.15, 0.2) is 22.7 Å². The molecule has 1 rings (SSSR count). The van der Waals surface area contributed by atoms with Crippen molar-refractivity contribution in [1.82, 2.24) is 0 Å². The van der Waals surface area contributed by atoms with Crippen LogP contribution in [0, 0.1) is 11.7 Å². The van der Waals surface area contributed by atoms with E-state index in [9.17, 15) is 4.39 Å². The van der Waals surface area contributed by atoms with Gasteiger partial charge in [-0.05, 0) is 61.5 Å². The number of benzene rings is 1. The second kappa shape index (κ2) is 7.09. The molecule has 1 unspecified atom stereocenters. The maximum atomic E-state index is 13.8. The molecule has 0 aliphatic heterocycles. The van der Waals surface area contributed by atoms with Gasteiger partial charge in [0.2, 0.25) is 0 Å². The molecule has 0 saturated carbocycles. The maximum absolute atomic E-state index is 13.8. The number of rotatable bonds is 6. The van der Waals surface area contributed by atoms with E-state index in [1.165, 1.54) is 6.07 Å². The Kier molecular flexibility index (Phi) is 6.09. The molecule has 1 aromatic rings. The lowest BCUT2D eigenvalue weighted by Crippen LogP contribution is -2.25. The second-order valence-electron chi connectivity index (χ2n) is 4.34. The number of hydrogen-bond donors (Lipinski definition) is 2. The molecule has 0 aliphatic rings. The third-order valence-electron chi connectivity index (χ3n) is 3.18. The molecule has 0 aromatic heterocycles.